The number of esters is 1. The van der Waals surface area contributed by atoms with E-state index < -0.39 is 26.5 Å². The second kappa shape index (κ2) is 32.2. The number of carbonyl (C=O) groups is 2. The van der Waals surface area contributed by atoms with Crippen LogP contribution in [0.15, 0.2) is 36.5 Å². The standard InChI is InChI=1S/C35H64NO8P/c1-3-5-7-9-11-13-15-16-18-19-21-23-25-27-34(38)36-29-30-43-45(40,41)44-32-33(37)31-42-35(39)28-26-24-22-20-17-14-12-10-8-6-4-2/h7,9-10,12-13,15,33,37H,3-6,8,11,14,16-32H2,1-2H3,(H,36,38)(H,40,41)/b9-7-,12-10-,15-13-. The molecule has 3 N–H and O–H groups in total. The zero-order chi connectivity index (χ0) is 33.3. The monoisotopic (exact) mass is 657 g/mol. The third-order valence-electron chi connectivity index (χ3n) is 7.02. The topological polar surface area (TPSA) is 131 Å². The number of aliphatic hydroxyl groups excluding tert-OH is 1. The van der Waals surface area contributed by atoms with Crippen molar-refractivity contribution in [3.8, 4) is 0 Å². The van der Waals surface area contributed by atoms with E-state index in [9.17, 15) is 24.2 Å². The first kappa shape index (κ1) is 43.2. The van der Waals surface area contributed by atoms with Gasteiger partial charge < -0.3 is 20.1 Å². The Balaban J connectivity index is 3.68. The van der Waals surface area contributed by atoms with Crippen LogP contribution < -0.4 is 5.32 Å². The lowest BCUT2D eigenvalue weighted by Crippen LogP contribution is -2.27. The smallest absolute Gasteiger partial charge is 0.463 e. The van der Waals surface area contributed by atoms with E-state index in [2.05, 4.69) is 55.6 Å². The first-order valence-electron chi connectivity index (χ1n) is 17.5. The minimum absolute atomic E-state index is 0.0724. The molecule has 0 fully saturated rings. The zero-order valence-electron chi connectivity index (χ0n) is 28.3. The Morgan fingerprint density at radius 1 is 0.689 bits per heavy atom. The largest absolute Gasteiger partial charge is 0.472 e. The lowest BCUT2D eigenvalue weighted by Gasteiger charge is -2.15. The van der Waals surface area contributed by atoms with E-state index in [-0.39, 0.29) is 32.1 Å². The number of amides is 1. The molecule has 262 valence electrons. The predicted octanol–water partition coefficient (Wildman–Crippen LogP) is 8.65. The van der Waals surface area contributed by atoms with Crippen molar-refractivity contribution in [2.45, 2.75) is 148 Å². The molecule has 0 spiro atoms. The Bertz CT molecular complexity index is 846. The predicted molar refractivity (Wildman–Crippen MR) is 183 cm³/mol. The summed E-state index contributed by atoms with van der Waals surface area (Å²) >= 11 is 0. The van der Waals surface area contributed by atoms with Crippen LogP contribution in [0.25, 0.3) is 0 Å². The second-order valence-corrected chi connectivity index (χ2v) is 12.9. The molecular formula is C35H64NO8P. The van der Waals surface area contributed by atoms with Crippen molar-refractivity contribution in [1.29, 1.82) is 0 Å². The number of phosphoric acid groups is 1. The molecule has 0 saturated carbocycles. The highest BCUT2D eigenvalue weighted by Gasteiger charge is 2.23. The van der Waals surface area contributed by atoms with E-state index in [0.717, 1.165) is 96.3 Å². The van der Waals surface area contributed by atoms with Crippen LogP contribution in [-0.2, 0) is 27.9 Å². The van der Waals surface area contributed by atoms with E-state index >= 15 is 0 Å². The average Bonchev–Trinajstić information content (AvgIpc) is 3.02. The summed E-state index contributed by atoms with van der Waals surface area (Å²) in [5.74, 6) is -0.546. The van der Waals surface area contributed by atoms with Gasteiger partial charge in [-0.05, 0) is 57.8 Å². The number of ether oxygens (including phenoxy) is 1. The molecular weight excluding hydrogens is 593 g/mol. The van der Waals surface area contributed by atoms with Gasteiger partial charge in [0.15, 0.2) is 0 Å². The van der Waals surface area contributed by atoms with Gasteiger partial charge in [0.2, 0.25) is 5.91 Å². The summed E-state index contributed by atoms with van der Waals surface area (Å²) in [5, 5.41) is 12.6. The van der Waals surface area contributed by atoms with Crippen LogP contribution in [0.4, 0.5) is 0 Å². The van der Waals surface area contributed by atoms with Crippen LogP contribution in [0.5, 0.6) is 0 Å². The van der Waals surface area contributed by atoms with E-state index in [1.54, 1.807) is 0 Å². The molecule has 2 atom stereocenters. The first-order valence-corrected chi connectivity index (χ1v) is 19.0. The Kier molecular flexibility index (Phi) is 30.9. The van der Waals surface area contributed by atoms with E-state index in [1.165, 1.54) is 19.3 Å². The van der Waals surface area contributed by atoms with Gasteiger partial charge in [0.25, 0.3) is 0 Å². The maximum atomic E-state index is 12.0. The number of allylic oxidation sites excluding steroid dienone is 6. The van der Waals surface area contributed by atoms with Gasteiger partial charge in [-0.25, -0.2) is 4.57 Å². The maximum absolute atomic E-state index is 12.0. The first-order chi connectivity index (χ1) is 21.8. The van der Waals surface area contributed by atoms with Crippen LogP contribution in [0, 0.1) is 0 Å². The lowest BCUT2D eigenvalue weighted by molar-refractivity contribution is -0.147. The Hall–Kier alpha value is -1.77. The summed E-state index contributed by atoms with van der Waals surface area (Å²) in [6.45, 7) is 3.39. The fourth-order valence-corrected chi connectivity index (χ4v) is 5.09. The van der Waals surface area contributed by atoms with Crippen LogP contribution >= 0.6 is 7.82 Å². The zero-order valence-corrected chi connectivity index (χ0v) is 29.2. The molecule has 0 aliphatic rings. The van der Waals surface area contributed by atoms with Crippen LogP contribution in [0.2, 0.25) is 0 Å². The number of nitrogens with one attached hydrogen (secondary N) is 1. The van der Waals surface area contributed by atoms with Crippen molar-refractivity contribution in [2.75, 3.05) is 26.4 Å². The quantitative estimate of drug-likeness (QED) is 0.0284. The molecule has 10 heteroatoms. The molecule has 0 aromatic carbocycles. The fourth-order valence-electron chi connectivity index (χ4n) is 4.34. The summed E-state index contributed by atoms with van der Waals surface area (Å²) in [6.07, 6.45) is 32.2. The molecule has 1 amide bonds. The van der Waals surface area contributed by atoms with Crippen LogP contribution in [0.1, 0.15) is 142 Å². The number of hydrogen-bond donors (Lipinski definition) is 3. The molecule has 0 rings (SSSR count). The van der Waals surface area contributed by atoms with Crippen molar-refractivity contribution >= 4 is 19.7 Å². The molecule has 0 aliphatic carbocycles. The SMILES string of the molecule is CCC/C=C\C/C=C\CCCCCCCC(=O)NCCOP(=O)(O)OCC(O)COC(=O)CCCCCCC/C=C\CCCC. The molecule has 9 nitrogen and oxygen atoms in total. The fraction of sp³-hybridized carbons (Fsp3) is 0.771. The van der Waals surface area contributed by atoms with Crippen molar-refractivity contribution < 1.29 is 37.9 Å². The number of carbonyl (C=O) groups excluding carboxylic acids is 2. The molecule has 0 saturated heterocycles. The molecule has 0 aromatic heterocycles. The molecule has 0 bridgehead atoms. The van der Waals surface area contributed by atoms with Gasteiger partial charge in [-0.1, -0.05) is 108 Å². The molecule has 2 unspecified atom stereocenters. The summed E-state index contributed by atoms with van der Waals surface area (Å²) in [6, 6.07) is 0. The van der Waals surface area contributed by atoms with Crippen molar-refractivity contribution in [2.24, 2.45) is 0 Å². The van der Waals surface area contributed by atoms with Crippen LogP contribution in [-0.4, -0.2) is 54.3 Å². The summed E-state index contributed by atoms with van der Waals surface area (Å²) in [5.41, 5.74) is 0. The molecule has 0 heterocycles. The van der Waals surface area contributed by atoms with Gasteiger partial charge in [-0.15, -0.1) is 0 Å². The van der Waals surface area contributed by atoms with Gasteiger partial charge in [0.05, 0.1) is 13.2 Å². The van der Waals surface area contributed by atoms with Crippen molar-refractivity contribution in [3.63, 3.8) is 0 Å². The van der Waals surface area contributed by atoms with Crippen molar-refractivity contribution in [3.05, 3.63) is 36.5 Å². The Morgan fingerprint density at radius 3 is 1.89 bits per heavy atom. The molecule has 45 heavy (non-hydrogen) atoms. The minimum Gasteiger partial charge on any atom is -0.463 e. The Morgan fingerprint density at radius 2 is 1.24 bits per heavy atom. The number of phosphoric ester groups is 1. The maximum Gasteiger partial charge on any atom is 0.472 e. The highest BCUT2D eigenvalue weighted by Crippen LogP contribution is 2.42. The van der Waals surface area contributed by atoms with E-state index in [0.29, 0.717) is 6.42 Å². The van der Waals surface area contributed by atoms with Crippen molar-refractivity contribution in [1.82, 2.24) is 5.32 Å². The Labute approximate surface area is 273 Å². The molecule has 0 aromatic rings. The van der Waals surface area contributed by atoms with Gasteiger partial charge in [-0.2, -0.15) is 0 Å². The molecule has 0 aliphatic heterocycles. The number of hydrogen-bond acceptors (Lipinski definition) is 7. The summed E-state index contributed by atoms with van der Waals surface area (Å²) in [4.78, 5) is 33.6. The number of aliphatic hydroxyl groups is 1. The minimum atomic E-state index is -4.41. The molecule has 0 radical (unpaired) electrons. The van der Waals surface area contributed by atoms with Gasteiger partial charge in [0, 0.05) is 19.4 Å². The lowest BCUT2D eigenvalue weighted by atomic mass is 10.1. The normalized spacial score (nSPS) is 14.0. The van der Waals surface area contributed by atoms with Gasteiger partial charge in [0.1, 0.15) is 12.7 Å². The third-order valence-corrected chi connectivity index (χ3v) is 8.01. The van der Waals surface area contributed by atoms with Crippen LogP contribution in [0.3, 0.4) is 0 Å². The summed E-state index contributed by atoms with van der Waals surface area (Å²) < 4.78 is 26.7. The third kappa shape index (κ3) is 33.4. The number of unbranched alkanes of at least 4 members (excludes halogenated alkanes) is 13. The summed E-state index contributed by atoms with van der Waals surface area (Å²) in [7, 11) is -4.41. The highest BCUT2D eigenvalue weighted by molar-refractivity contribution is 7.47. The van der Waals surface area contributed by atoms with E-state index in [1.807, 2.05) is 0 Å². The van der Waals surface area contributed by atoms with Gasteiger partial charge >= 0.3 is 13.8 Å². The average molecular weight is 658 g/mol. The highest BCUT2D eigenvalue weighted by atomic mass is 31.2. The van der Waals surface area contributed by atoms with E-state index in [4.69, 9.17) is 13.8 Å². The van der Waals surface area contributed by atoms with Gasteiger partial charge in [-0.3, -0.25) is 18.6 Å². The second-order valence-electron chi connectivity index (χ2n) is 11.5. The number of rotatable bonds is 32.